The number of carboxylic acid groups (broad SMARTS) is 1. The summed E-state index contributed by atoms with van der Waals surface area (Å²) < 4.78 is 20.4. The first kappa shape index (κ1) is 14.6. The summed E-state index contributed by atoms with van der Waals surface area (Å²) in [6.45, 7) is 0. The third kappa shape index (κ3) is 2.86. The summed E-state index contributed by atoms with van der Waals surface area (Å²) in [5.41, 5.74) is 0.715. The number of benzene rings is 1. The molecule has 0 spiro atoms. The first-order valence-corrected chi connectivity index (χ1v) is 6.58. The maximum absolute atomic E-state index is 13.6. The number of carboxylic acids is 1. The molecule has 116 valence electrons. The summed E-state index contributed by atoms with van der Waals surface area (Å²) in [6.07, 6.45) is 1.37. The molecule has 3 rings (SSSR count). The van der Waals surface area contributed by atoms with Gasteiger partial charge in [0, 0.05) is 18.8 Å². The fourth-order valence-corrected chi connectivity index (χ4v) is 2.01. The molecule has 8 heteroatoms. The zero-order valence-corrected chi connectivity index (χ0v) is 12.0. The van der Waals surface area contributed by atoms with Gasteiger partial charge in [0.1, 0.15) is 5.75 Å². The zero-order chi connectivity index (χ0) is 16.4. The number of hydrogen-bond acceptors (Lipinski definition) is 5. The Morgan fingerprint density at radius 1 is 1.26 bits per heavy atom. The predicted octanol–water partition coefficient (Wildman–Crippen LogP) is 2.51. The van der Waals surface area contributed by atoms with Crippen LogP contribution in [0, 0.1) is 5.95 Å². The molecule has 2 heterocycles. The molecule has 0 unspecified atom stereocenters. The van der Waals surface area contributed by atoms with Gasteiger partial charge in [-0.15, -0.1) is 5.10 Å². The first-order chi connectivity index (χ1) is 11.1. The molecule has 0 bridgehead atoms. The van der Waals surface area contributed by atoms with Crippen LogP contribution in [0.1, 0.15) is 10.5 Å². The summed E-state index contributed by atoms with van der Waals surface area (Å²) in [7, 11) is 1.52. The molecular weight excluding hydrogens is 303 g/mol. The minimum Gasteiger partial charge on any atom is -0.476 e. The lowest BCUT2D eigenvalue weighted by Gasteiger charge is -2.07. The van der Waals surface area contributed by atoms with Crippen molar-refractivity contribution in [3.63, 3.8) is 0 Å². The van der Waals surface area contributed by atoms with E-state index in [0.717, 1.165) is 0 Å². The van der Waals surface area contributed by atoms with Gasteiger partial charge in [-0.3, -0.25) is 0 Å². The van der Waals surface area contributed by atoms with E-state index in [1.54, 1.807) is 36.4 Å². The second kappa shape index (κ2) is 5.84. The van der Waals surface area contributed by atoms with Gasteiger partial charge in [-0.05, 0) is 29.8 Å². The third-order valence-electron chi connectivity index (χ3n) is 3.12. The number of aromatic nitrogens is 4. The molecule has 0 saturated heterocycles. The van der Waals surface area contributed by atoms with E-state index in [-0.39, 0.29) is 11.6 Å². The van der Waals surface area contributed by atoms with E-state index in [9.17, 15) is 9.18 Å². The highest BCUT2D eigenvalue weighted by Gasteiger charge is 2.19. The number of carbonyl (C=O) groups is 1. The first-order valence-electron chi connectivity index (χ1n) is 6.58. The van der Waals surface area contributed by atoms with E-state index in [0.29, 0.717) is 16.9 Å². The monoisotopic (exact) mass is 314 g/mol. The third-order valence-corrected chi connectivity index (χ3v) is 3.12. The molecule has 1 aromatic carbocycles. The van der Waals surface area contributed by atoms with Gasteiger partial charge in [-0.1, -0.05) is 17.3 Å². The Bertz CT molecular complexity index is 861. The lowest BCUT2D eigenvalue weighted by molar-refractivity contribution is 0.0687. The fraction of sp³-hybridized carbons (Fsp3) is 0.0667. The second-order valence-corrected chi connectivity index (χ2v) is 4.64. The van der Waals surface area contributed by atoms with Crippen LogP contribution in [0.5, 0.6) is 11.6 Å². The molecule has 0 atom stereocenters. The average molecular weight is 314 g/mol. The van der Waals surface area contributed by atoms with Crippen LogP contribution in [0.3, 0.4) is 0 Å². The summed E-state index contributed by atoms with van der Waals surface area (Å²) >= 11 is 0. The predicted molar refractivity (Wildman–Crippen MR) is 77.7 cm³/mol. The standard InChI is InChI=1S/C15H11FN4O3/c1-20-14(12(15(21)22)18-19-20)23-10-6-4-9(5-7-10)11-3-2-8-17-13(11)16/h2-8H,1H3,(H,21,22). The van der Waals surface area contributed by atoms with Gasteiger partial charge in [0.15, 0.2) is 0 Å². The Morgan fingerprint density at radius 2 is 2.00 bits per heavy atom. The van der Waals surface area contributed by atoms with E-state index < -0.39 is 11.9 Å². The molecule has 23 heavy (non-hydrogen) atoms. The lowest BCUT2D eigenvalue weighted by atomic mass is 10.1. The molecular formula is C15H11FN4O3. The van der Waals surface area contributed by atoms with Gasteiger partial charge in [-0.2, -0.15) is 4.39 Å². The Hall–Kier alpha value is -3.29. The van der Waals surface area contributed by atoms with Crippen molar-refractivity contribution in [2.75, 3.05) is 0 Å². The zero-order valence-electron chi connectivity index (χ0n) is 12.0. The minimum absolute atomic E-state index is 0.0119. The Morgan fingerprint density at radius 3 is 2.65 bits per heavy atom. The van der Waals surface area contributed by atoms with Gasteiger partial charge < -0.3 is 9.84 Å². The molecule has 3 aromatic rings. The Balaban J connectivity index is 1.88. The maximum atomic E-state index is 13.6. The molecule has 0 aliphatic heterocycles. The van der Waals surface area contributed by atoms with E-state index >= 15 is 0 Å². The topological polar surface area (TPSA) is 90.1 Å². The van der Waals surface area contributed by atoms with Crippen LogP contribution in [0.2, 0.25) is 0 Å². The van der Waals surface area contributed by atoms with Crippen LogP contribution in [-0.4, -0.2) is 31.1 Å². The van der Waals surface area contributed by atoms with Crippen LogP contribution in [-0.2, 0) is 7.05 Å². The molecule has 0 fully saturated rings. The number of pyridine rings is 1. The summed E-state index contributed by atoms with van der Waals surface area (Å²) in [4.78, 5) is 14.7. The van der Waals surface area contributed by atoms with Crippen molar-refractivity contribution < 1.29 is 19.0 Å². The van der Waals surface area contributed by atoms with Crippen LogP contribution in [0.25, 0.3) is 11.1 Å². The highest BCUT2D eigenvalue weighted by Crippen LogP contribution is 2.27. The van der Waals surface area contributed by atoms with Crippen molar-refractivity contribution in [1.29, 1.82) is 0 Å². The Kier molecular flexibility index (Phi) is 3.71. The van der Waals surface area contributed by atoms with Crippen LogP contribution in [0.15, 0.2) is 42.6 Å². The Labute approximate surface area is 130 Å². The van der Waals surface area contributed by atoms with Gasteiger partial charge in [0.05, 0.1) is 0 Å². The number of aromatic carboxylic acids is 1. The molecule has 0 aliphatic carbocycles. The summed E-state index contributed by atoms with van der Waals surface area (Å²) in [6, 6.07) is 9.76. The molecule has 0 saturated carbocycles. The summed E-state index contributed by atoms with van der Waals surface area (Å²) in [5, 5.41) is 16.2. The smallest absolute Gasteiger partial charge is 0.362 e. The van der Waals surface area contributed by atoms with Crippen LogP contribution in [0.4, 0.5) is 4.39 Å². The molecule has 0 amide bonds. The second-order valence-electron chi connectivity index (χ2n) is 4.64. The number of ether oxygens (including phenoxy) is 1. The quantitative estimate of drug-likeness (QED) is 0.744. The van der Waals surface area contributed by atoms with Crippen LogP contribution >= 0.6 is 0 Å². The van der Waals surface area contributed by atoms with Gasteiger partial charge in [-0.25, -0.2) is 14.5 Å². The van der Waals surface area contributed by atoms with Gasteiger partial charge in [0.2, 0.25) is 11.6 Å². The molecule has 1 N–H and O–H groups in total. The van der Waals surface area contributed by atoms with Crippen LogP contribution < -0.4 is 4.74 Å². The minimum atomic E-state index is -1.23. The number of aryl methyl sites for hydroxylation is 1. The van der Waals surface area contributed by atoms with E-state index in [1.807, 2.05) is 0 Å². The summed E-state index contributed by atoms with van der Waals surface area (Å²) in [5.74, 6) is -1.41. The highest BCUT2D eigenvalue weighted by atomic mass is 19.1. The van der Waals surface area contributed by atoms with Crippen molar-refractivity contribution in [1.82, 2.24) is 20.0 Å². The number of nitrogens with zero attached hydrogens (tertiary/aromatic N) is 4. The molecule has 7 nitrogen and oxygen atoms in total. The molecule has 0 aliphatic rings. The number of halogens is 1. The maximum Gasteiger partial charge on any atom is 0.362 e. The average Bonchev–Trinajstić information content (AvgIpc) is 2.90. The molecule has 0 radical (unpaired) electrons. The lowest BCUT2D eigenvalue weighted by Crippen LogP contribution is -2.01. The van der Waals surface area contributed by atoms with E-state index in [1.165, 1.54) is 17.9 Å². The van der Waals surface area contributed by atoms with Crippen molar-refractivity contribution in [2.24, 2.45) is 7.05 Å². The molecule has 2 aromatic heterocycles. The SMILES string of the molecule is Cn1nnc(C(=O)O)c1Oc1ccc(-c2cccnc2F)cc1. The number of hydrogen-bond donors (Lipinski definition) is 1. The van der Waals surface area contributed by atoms with E-state index in [4.69, 9.17) is 9.84 Å². The van der Waals surface area contributed by atoms with Crippen molar-refractivity contribution in [2.45, 2.75) is 0 Å². The highest BCUT2D eigenvalue weighted by molar-refractivity contribution is 5.87. The van der Waals surface area contributed by atoms with Crippen molar-refractivity contribution in [3.8, 4) is 22.8 Å². The normalized spacial score (nSPS) is 10.5. The van der Waals surface area contributed by atoms with Gasteiger partial charge in [0.25, 0.3) is 5.88 Å². The largest absolute Gasteiger partial charge is 0.476 e. The van der Waals surface area contributed by atoms with E-state index in [2.05, 4.69) is 15.3 Å². The van der Waals surface area contributed by atoms with Crippen molar-refractivity contribution in [3.05, 3.63) is 54.2 Å². The number of rotatable bonds is 4. The van der Waals surface area contributed by atoms with Crippen molar-refractivity contribution >= 4 is 5.97 Å². The van der Waals surface area contributed by atoms with Gasteiger partial charge >= 0.3 is 5.97 Å². The fourth-order valence-electron chi connectivity index (χ4n) is 2.01.